The Bertz CT molecular complexity index is 635. The van der Waals surface area contributed by atoms with E-state index in [0.29, 0.717) is 29.7 Å². The molecule has 0 spiro atoms. The lowest BCUT2D eigenvalue weighted by Crippen LogP contribution is -2.40. The fourth-order valence-electron chi connectivity index (χ4n) is 3.21. The lowest BCUT2D eigenvalue weighted by Gasteiger charge is -2.31. The molecule has 1 aliphatic heterocycles. The molecule has 6 heteroatoms. The summed E-state index contributed by atoms with van der Waals surface area (Å²) >= 11 is 0. The predicted molar refractivity (Wildman–Crippen MR) is 92.5 cm³/mol. The molecule has 1 heterocycles. The quantitative estimate of drug-likeness (QED) is 0.863. The van der Waals surface area contributed by atoms with E-state index >= 15 is 0 Å². The zero-order valence-electron chi connectivity index (χ0n) is 14.6. The topological polar surface area (TPSA) is 58.6 Å². The number of aryl methyl sites for hydroxylation is 2. The van der Waals surface area contributed by atoms with Crippen LogP contribution in [0.1, 0.15) is 30.9 Å². The van der Waals surface area contributed by atoms with E-state index in [1.807, 2.05) is 19.9 Å². The first-order chi connectivity index (χ1) is 10.9. The Labute approximate surface area is 140 Å². The van der Waals surface area contributed by atoms with E-state index in [2.05, 4.69) is 12.2 Å². The van der Waals surface area contributed by atoms with Gasteiger partial charge >= 0.3 is 0 Å². The molecule has 5 nitrogen and oxygen atoms in total. The van der Waals surface area contributed by atoms with Gasteiger partial charge in [0.2, 0.25) is 10.0 Å². The van der Waals surface area contributed by atoms with Crippen molar-refractivity contribution in [3.8, 4) is 5.75 Å². The molecule has 0 unspecified atom stereocenters. The molecule has 0 saturated carbocycles. The Morgan fingerprint density at radius 2 is 1.91 bits per heavy atom. The summed E-state index contributed by atoms with van der Waals surface area (Å²) in [4.78, 5) is 0.294. The van der Waals surface area contributed by atoms with Crippen LogP contribution in [0.2, 0.25) is 0 Å². The largest absolute Gasteiger partial charge is 0.495 e. The minimum absolute atomic E-state index is 0.294. The monoisotopic (exact) mass is 340 g/mol. The maximum atomic E-state index is 13.0. The maximum absolute atomic E-state index is 13.0. The van der Waals surface area contributed by atoms with E-state index in [0.717, 1.165) is 37.1 Å². The van der Waals surface area contributed by atoms with Crippen LogP contribution in [0, 0.1) is 19.8 Å². The third-order valence-electron chi connectivity index (χ3n) is 4.46. The van der Waals surface area contributed by atoms with Crippen molar-refractivity contribution in [1.82, 2.24) is 9.62 Å². The van der Waals surface area contributed by atoms with E-state index in [9.17, 15) is 8.42 Å². The van der Waals surface area contributed by atoms with Gasteiger partial charge in [0.1, 0.15) is 10.6 Å². The summed E-state index contributed by atoms with van der Waals surface area (Å²) in [6.07, 6.45) is 1.80. The van der Waals surface area contributed by atoms with Crippen LogP contribution >= 0.6 is 0 Å². The average molecular weight is 340 g/mol. The van der Waals surface area contributed by atoms with Crippen molar-refractivity contribution >= 4 is 10.0 Å². The second-order valence-electron chi connectivity index (χ2n) is 6.27. The normalized spacial score (nSPS) is 17.4. The number of sulfonamides is 1. The van der Waals surface area contributed by atoms with Gasteiger partial charge in [0, 0.05) is 13.1 Å². The number of hydrogen-bond donors (Lipinski definition) is 1. The Hall–Kier alpha value is -1.11. The van der Waals surface area contributed by atoms with Crippen LogP contribution in [0.15, 0.2) is 17.0 Å². The summed E-state index contributed by atoms with van der Waals surface area (Å²) < 4.78 is 33.0. The molecule has 0 aromatic heterocycles. The van der Waals surface area contributed by atoms with Gasteiger partial charge in [-0.05, 0) is 62.9 Å². The van der Waals surface area contributed by atoms with Crippen molar-refractivity contribution < 1.29 is 13.2 Å². The first-order valence-corrected chi connectivity index (χ1v) is 9.70. The molecular formula is C17H28N2O3S. The van der Waals surface area contributed by atoms with Crippen molar-refractivity contribution in [2.24, 2.45) is 5.92 Å². The van der Waals surface area contributed by atoms with E-state index in [1.165, 1.54) is 7.11 Å². The van der Waals surface area contributed by atoms with Gasteiger partial charge < -0.3 is 10.1 Å². The first kappa shape index (κ1) is 18.2. The summed E-state index contributed by atoms with van der Waals surface area (Å²) in [6, 6.07) is 3.66. The molecule has 1 aromatic rings. The molecule has 1 fully saturated rings. The third kappa shape index (κ3) is 4.05. The summed E-state index contributed by atoms with van der Waals surface area (Å²) in [5, 5.41) is 3.35. The van der Waals surface area contributed by atoms with Gasteiger partial charge in [0.05, 0.1) is 7.11 Å². The molecule has 0 atom stereocenters. The number of piperidine rings is 1. The molecule has 0 aliphatic carbocycles. The van der Waals surface area contributed by atoms with Gasteiger partial charge in [-0.25, -0.2) is 8.42 Å². The van der Waals surface area contributed by atoms with E-state index in [-0.39, 0.29) is 0 Å². The van der Waals surface area contributed by atoms with Gasteiger partial charge in [-0.3, -0.25) is 0 Å². The Kier molecular flexibility index (Phi) is 6.06. The molecular weight excluding hydrogens is 312 g/mol. The number of nitrogens with one attached hydrogen (secondary N) is 1. The summed E-state index contributed by atoms with van der Waals surface area (Å²) in [5.41, 5.74) is 1.79. The molecule has 1 aliphatic rings. The second kappa shape index (κ2) is 7.64. The molecule has 1 N–H and O–H groups in total. The smallest absolute Gasteiger partial charge is 0.246 e. The Morgan fingerprint density at radius 3 is 2.48 bits per heavy atom. The highest BCUT2D eigenvalue weighted by atomic mass is 32.2. The van der Waals surface area contributed by atoms with Crippen molar-refractivity contribution in [3.05, 3.63) is 23.3 Å². The molecule has 2 rings (SSSR count). The summed E-state index contributed by atoms with van der Waals surface area (Å²) in [6.45, 7) is 8.96. The summed E-state index contributed by atoms with van der Waals surface area (Å²) in [5.74, 6) is 1.02. The molecule has 0 bridgehead atoms. The number of ether oxygens (including phenoxy) is 1. The van der Waals surface area contributed by atoms with Gasteiger partial charge in [0.15, 0.2) is 0 Å². The zero-order chi connectivity index (χ0) is 17.0. The second-order valence-corrected chi connectivity index (χ2v) is 8.17. The minimum atomic E-state index is -3.51. The van der Waals surface area contributed by atoms with Crippen LogP contribution in [0.25, 0.3) is 0 Å². The number of nitrogens with zero attached hydrogens (tertiary/aromatic N) is 1. The van der Waals surface area contributed by atoms with Crippen LogP contribution in [0.3, 0.4) is 0 Å². The maximum Gasteiger partial charge on any atom is 0.246 e. The highest BCUT2D eigenvalue weighted by Crippen LogP contribution is 2.33. The summed E-state index contributed by atoms with van der Waals surface area (Å²) in [7, 11) is -1.98. The van der Waals surface area contributed by atoms with E-state index < -0.39 is 10.0 Å². The van der Waals surface area contributed by atoms with Gasteiger partial charge in [0.25, 0.3) is 0 Å². The number of rotatable bonds is 6. The SMILES string of the molecule is CCNCC1CCN(S(=O)(=O)c2cc(C)cc(C)c2OC)CC1. The van der Waals surface area contributed by atoms with Crippen molar-refractivity contribution in [2.75, 3.05) is 33.3 Å². The highest BCUT2D eigenvalue weighted by molar-refractivity contribution is 7.89. The Balaban J connectivity index is 2.20. The standard InChI is InChI=1S/C17H28N2O3S/c1-5-18-12-15-6-8-19(9-7-15)23(20,21)16-11-13(2)10-14(3)17(16)22-4/h10-11,15,18H,5-9,12H2,1-4H3. The van der Waals surface area contributed by atoms with Gasteiger partial charge in [-0.15, -0.1) is 0 Å². The van der Waals surface area contributed by atoms with E-state index in [4.69, 9.17) is 4.74 Å². The average Bonchev–Trinajstić information content (AvgIpc) is 2.52. The fraction of sp³-hybridized carbons (Fsp3) is 0.647. The van der Waals surface area contributed by atoms with Crippen LogP contribution in [-0.4, -0.2) is 46.0 Å². The molecule has 23 heavy (non-hydrogen) atoms. The highest BCUT2D eigenvalue weighted by Gasteiger charge is 2.32. The van der Waals surface area contributed by atoms with Crippen LogP contribution in [-0.2, 0) is 10.0 Å². The number of benzene rings is 1. The van der Waals surface area contributed by atoms with Crippen LogP contribution in [0.4, 0.5) is 0 Å². The molecule has 0 radical (unpaired) electrons. The van der Waals surface area contributed by atoms with Crippen LogP contribution in [0.5, 0.6) is 5.75 Å². The number of hydrogen-bond acceptors (Lipinski definition) is 4. The van der Waals surface area contributed by atoms with Crippen molar-refractivity contribution in [1.29, 1.82) is 0 Å². The molecule has 0 amide bonds. The molecule has 1 aromatic carbocycles. The predicted octanol–water partition coefficient (Wildman–Crippen LogP) is 2.32. The lowest BCUT2D eigenvalue weighted by atomic mass is 9.98. The first-order valence-electron chi connectivity index (χ1n) is 8.26. The molecule has 130 valence electrons. The fourth-order valence-corrected chi connectivity index (χ4v) is 4.99. The minimum Gasteiger partial charge on any atom is -0.495 e. The lowest BCUT2D eigenvalue weighted by molar-refractivity contribution is 0.267. The van der Waals surface area contributed by atoms with Gasteiger partial charge in [-0.2, -0.15) is 4.31 Å². The van der Waals surface area contributed by atoms with E-state index in [1.54, 1.807) is 10.4 Å². The van der Waals surface area contributed by atoms with Crippen molar-refractivity contribution in [3.63, 3.8) is 0 Å². The Morgan fingerprint density at radius 1 is 1.26 bits per heavy atom. The zero-order valence-corrected chi connectivity index (χ0v) is 15.4. The van der Waals surface area contributed by atoms with Crippen molar-refractivity contribution in [2.45, 2.75) is 38.5 Å². The number of methoxy groups -OCH3 is 1. The van der Waals surface area contributed by atoms with Gasteiger partial charge in [-0.1, -0.05) is 13.0 Å². The molecule has 1 saturated heterocycles. The third-order valence-corrected chi connectivity index (χ3v) is 6.37. The van der Waals surface area contributed by atoms with Crippen LogP contribution < -0.4 is 10.1 Å².